The highest BCUT2D eigenvalue weighted by atomic mass is 19.4. The molecule has 0 spiro atoms. The van der Waals surface area contributed by atoms with Crippen LogP contribution in [-0.4, -0.2) is 48.8 Å². The van der Waals surface area contributed by atoms with Gasteiger partial charge in [-0.1, -0.05) is 6.42 Å². The second-order valence-corrected chi connectivity index (χ2v) is 6.04. The second kappa shape index (κ2) is 6.85. The molecule has 2 aliphatic rings. The molecule has 4 nitrogen and oxygen atoms in total. The van der Waals surface area contributed by atoms with Crippen LogP contribution in [-0.2, 0) is 0 Å². The van der Waals surface area contributed by atoms with Crippen molar-refractivity contribution in [3.8, 4) is 0 Å². The number of urea groups is 1. The smallest absolute Gasteiger partial charge is 0.338 e. The summed E-state index contributed by atoms with van der Waals surface area (Å²) >= 11 is 0. The Hall–Kier alpha value is -0.980. The molecule has 0 aromatic heterocycles. The maximum absolute atomic E-state index is 12.8. The molecule has 3 atom stereocenters. The summed E-state index contributed by atoms with van der Waals surface area (Å²) < 4.78 is 38.4. The maximum atomic E-state index is 12.8. The number of nitrogens with zero attached hydrogens (tertiary/aromatic N) is 1. The van der Waals surface area contributed by atoms with Gasteiger partial charge in [-0.2, -0.15) is 13.2 Å². The second-order valence-electron chi connectivity index (χ2n) is 6.04. The van der Waals surface area contributed by atoms with Crippen LogP contribution < -0.4 is 10.6 Å². The lowest BCUT2D eigenvalue weighted by molar-refractivity contribution is -0.183. The normalized spacial score (nSPS) is 30.5. The summed E-state index contributed by atoms with van der Waals surface area (Å²) in [5.74, 6) is -1.18. The molecule has 7 heteroatoms. The Morgan fingerprint density at radius 2 is 2.00 bits per heavy atom. The van der Waals surface area contributed by atoms with Crippen molar-refractivity contribution in [3.63, 3.8) is 0 Å². The van der Waals surface area contributed by atoms with Crippen molar-refractivity contribution in [1.82, 2.24) is 15.5 Å². The minimum absolute atomic E-state index is 0.0791. The third-order valence-electron chi connectivity index (χ3n) is 4.41. The summed E-state index contributed by atoms with van der Waals surface area (Å²) in [6, 6.07) is -0.0484. The van der Waals surface area contributed by atoms with Gasteiger partial charge in [-0.15, -0.1) is 0 Å². The van der Waals surface area contributed by atoms with E-state index >= 15 is 0 Å². The predicted molar refractivity (Wildman–Crippen MR) is 74.0 cm³/mol. The number of alkyl halides is 3. The van der Waals surface area contributed by atoms with Crippen molar-refractivity contribution in [3.05, 3.63) is 0 Å². The van der Waals surface area contributed by atoms with Crippen LogP contribution in [0, 0.1) is 5.92 Å². The molecule has 0 unspecified atom stereocenters. The zero-order chi connectivity index (χ0) is 15.5. The van der Waals surface area contributed by atoms with E-state index in [0.717, 1.165) is 12.8 Å². The molecule has 0 aromatic carbocycles. The highest BCUT2D eigenvalue weighted by Gasteiger charge is 2.42. The summed E-state index contributed by atoms with van der Waals surface area (Å²) in [7, 11) is 0. The van der Waals surface area contributed by atoms with Crippen molar-refractivity contribution in [2.24, 2.45) is 5.92 Å². The SMILES string of the molecule is CCNC(=O)N1CC[C@H](N[C@H]2CCC[C@H](C(F)(F)F)C2)C1. The molecule has 21 heavy (non-hydrogen) atoms. The van der Waals surface area contributed by atoms with Crippen molar-refractivity contribution in [2.75, 3.05) is 19.6 Å². The van der Waals surface area contributed by atoms with E-state index in [4.69, 9.17) is 0 Å². The van der Waals surface area contributed by atoms with E-state index in [9.17, 15) is 18.0 Å². The highest BCUT2D eigenvalue weighted by molar-refractivity contribution is 5.74. The molecule has 0 aromatic rings. The fraction of sp³-hybridized carbons (Fsp3) is 0.929. The Kier molecular flexibility index (Phi) is 5.35. The minimum Gasteiger partial charge on any atom is -0.338 e. The Balaban J connectivity index is 1.79. The first kappa shape index (κ1) is 16.4. The number of likely N-dealkylation sites (tertiary alicyclic amines) is 1. The van der Waals surface area contributed by atoms with Crippen LogP contribution in [0.4, 0.5) is 18.0 Å². The van der Waals surface area contributed by atoms with Gasteiger partial charge in [-0.05, 0) is 32.6 Å². The van der Waals surface area contributed by atoms with E-state index < -0.39 is 12.1 Å². The first-order valence-corrected chi connectivity index (χ1v) is 7.75. The molecule has 1 aliphatic heterocycles. The Bertz CT molecular complexity index is 362. The van der Waals surface area contributed by atoms with E-state index in [1.165, 1.54) is 0 Å². The number of nitrogens with one attached hydrogen (secondary N) is 2. The van der Waals surface area contributed by atoms with Crippen LogP contribution in [0.1, 0.15) is 39.0 Å². The summed E-state index contributed by atoms with van der Waals surface area (Å²) in [5, 5.41) is 6.07. The van der Waals surface area contributed by atoms with Crippen molar-refractivity contribution < 1.29 is 18.0 Å². The summed E-state index contributed by atoms with van der Waals surface area (Å²) in [6.45, 7) is 3.70. The van der Waals surface area contributed by atoms with Gasteiger partial charge in [0.25, 0.3) is 0 Å². The molecule has 1 saturated heterocycles. The van der Waals surface area contributed by atoms with Gasteiger partial charge in [0, 0.05) is 31.7 Å². The molecule has 1 saturated carbocycles. The van der Waals surface area contributed by atoms with Crippen molar-refractivity contribution >= 4 is 6.03 Å². The molecular weight excluding hydrogens is 283 g/mol. The monoisotopic (exact) mass is 307 g/mol. The minimum atomic E-state index is -4.08. The molecule has 1 aliphatic carbocycles. The predicted octanol–water partition coefficient (Wildman–Crippen LogP) is 2.50. The van der Waals surface area contributed by atoms with Crippen molar-refractivity contribution in [2.45, 2.75) is 57.3 Å². The van der Waals surface area contributed by atoms with E-state index in [1.807, 2.05) is 6.92 Å². The van der Waals surface area contributed by atoms with E-state index in [-0.39, 0.29) is 31.0 Å². The molecule has 0 bridgehead atoms. The van der Waals surface area contributed by atoms with Gasteiger partial charge < -0.3 is 15.5 Å². The third kappa shape index (κ3) is 4.49. The number of carbonyl (C=O) groups is 1. The van der Waals surface area contributed by atoms with Gasteiger partial charge in [0.15, 0.2) is 0 Å². The molecule has 2 fully saturated rings. The molecular formula is C14H24F3N3O. The topological polar surface area (TPSA) is 44.4 Å². The zero-order valence-corrected chi connectivity index (χ0v) is 12.4. The number of halogens is 3. The average Bonchev–Trinajstić information content (AvgIpc) is 2.87. The van der Waals surface area contributed by atoms with Crippen LogP contribution in [0.5, 0.6) is 0 Å². The quantitative estimate of drug-likeness (QED) is 0.841. The number of carbonyl (C=O) groups excluding carboxylic acids is 1. The standard InChI is InChI=1S/C14H24F3N3O/c1-2-18-13(21)20-7-6-12(9-20)19-11-5-3-4-10(8-11)14(15,16)17/h10-12,19H,2-9H2,1H3,(H,18,21)/t10-,11-,12-/m0/s1. The first-order valence-electron chi connectivity index (χ1n) is 7.75. The lowest BCUT2D eigenvalue weighted by Gasteiger charge is -2.32. The van der Waals surface area contributed by atoms with E-state index in [1.54, 1.807) is 4.90 Å². The number of amides is 2. The van der Waals surface area contributed by atoms with Gasteiger partial charge in [-0.25, -0.2) is 4.79 Å². The molecule has 2 N–H and O–H groups in total. The summed E-state index contributed by atoms with van der Waals surface area (Å²) in [5.41, 5.74) is 0. The van der Waals surface area contributed by atoms with Gasteiger partial charge in [0.2, 0.25) is 0 Å². The lowest BCUT2D eigenvalue weighted by Crippen LogP contribution is -2.46. The summed E-state index contributed by atoms with van der Waals surface area (Å²) in [6.07, 6.45) is -1.44. The number of hydrogen-bond acceptors (Lipinski definition) is 2. The molecule has 122 valence electrons. The fourth-order valence-corrected chi connectivity index (χ4v) is 3.32. The Labute approximate surface area is 123 Å². The van der Waals surface area contributed by atoms with Crippen LogP contribution in [0.2, 0.25) is 0 Å². The lowest BCUT2D eigenvalue weighted by atomic mass is 9.85. The zero-order valence-electron chi connectivity index (χ0n) is 12.4. The summed E-state index contributed by atoms with van der Waals surface area (Å²) in [4.78, 5) is 13.4. The van der Waals surface area contributed by atoms with Gasteiger partial charge in [0.05, 0.1) is 5.92 Å². The van der Waals surface area contributed by atoms with Crippen LogP contribution in [0.3, 0.4) is 0 Å². The van der Waals surface area contributed by atoms with Gasteiger partial charge in [-0.3, -0.25) is 0 Å². The average molecular weight is 307 g/mol. The highest BCUT2D eigenvalue weighted by Crippen LogP contribution is 2.37. The van der Waals surface area contributed by atoms with Crippen LogP contribution >= 0.6 is 0 Å². The molecule has 2 amide bonds. The van der Waals surface area contributed by atoms with Gasteiger partial charge >= 0.3 is 12.2 Å². The Morgan fingerprint density at radius 3 is 2.67 bits per heavy atom. The van der Waals surface area contributed by atoms with Crippen LogP contribution in [0.25, 0.3) is 0 Å². The maximum Gasteiger partial charge on any atom is 0.391 e. The van der Waals surface area contributed by atoms with E-state index in [2.05, 4.69) is 10.6 Å². The Morgan fingerprint density at radius 1 is 1.24 bits per heavy atom. The van der Waals surface area contributed by atoms with Crippen LogP contribution in [0.15, 0.2) is 0 Å². The van der Waals surface area contributed by atoms with Gasteiger partial charge in [0.1, 0.15) is 0 Å². The molecule has 0 radical (unpaired) electrons. The van der Waals surface area contributed by atoms with Crippen molar-refractivity contribution in [1.29, 1.82) is 0 Å². The van der Waals surface area contributed by atoms with E-state index in [0.29, 0.717) is 26.1 Å². The number of hydrogen-bond donors (Lipinski definition) is 2. The fourth-order valence-electron chi connectivity index (χ4n) is 3.32. The molecule has 2 rings (SSSR count). The first-order chi connectivity index (χ1) is 9.90. The largest absolute Gasteiger partial charge is 0.391 e. The number of rotatable bonds is 3. The molecule has 1 heterocycles. The third-order valence-corrected chi connectivity index (χ3v) is 4.41.